The van der Waals surface area contributed by atoms with Gasteiger partial charge in [-0.15, -0.1) is 0 Å². The minimum absolute atomic E-state index is 0.163. The molecule has 1 rings (SSSR count). The molecule has 0 aliphatic carbocycles. The summed E-state index contributed by atoms with van der Waals surface area (Å²) in [5.41, 5.74) is 0.163. The molecule has 0 saturated heterocycles. The summed E-state index contributed by atoms with van der Waals surface area (Å²) < 4.78 is 15.1. The summed E-state index contributed by atoms with van der Waals surface area (Å²) in [5, 5.41) is 4.24. The third-order valence-corrected chi connectivity index (χ3v) is 2.70. The summed E-state index contributed by atoms with van der Waals surface area (Å²) in [6.45, 7) is 1.35. The van der Waals surface area contributed by atoms with Crippen LogP contribution in [0, 0.1) is 0 Å². The lowest BCUT2D eigenvalue weighted by Gasteiger charge is -2.13. The number of hydrogen-bond acceptors (Lipinski definition) is 6. The second kappa shape index (κ2) is 7.87. The molecule has 0 spiro atoms. The summed E-state index contributed by atoms with van der Waals surface area (Å²) in [6.07, 6.45) is -1.14. The predicted octanol–water partition coefficient (Wildman–Crippen LogP) is 0.705. The molecule has 0 saturated carbocycles. The molecule has 0 aliphatic rings. The number of urea groups is 1. The molecule has 0 aromatic heterocycles. The van der Waals surface area contributed by atoms with Crippen LogP contribution in [0.5, 0.6) is 11.5 Å². The number of ether oxygens (including phenoxy) is 3. The fraction of sp³-hybridized carbons (Fsp3) is 0.357. The average Bonchev–Trinajstić information content (AvgIpc) is 2.53. The lowest BCUT2D eigenvalue weighted by molar-refractivity contribution is -0.127. The summed E-state index contributed by atoms with van der Waals surface area (Å²) in [5.74, 6) is -0.651. The Morgan fingerprint density at radius 2 is 1.59 bits per heavy atom. The number of carbonyl (C=O) groups is 3. The first-order valence-corrected chi connectivity index (χ1v) is 6.38. The maximum absolute atomic E-state index is 12.0. The molecule has 0 radical (unpaired) electrons. The summed E-state index contributed by atoms with van der Waals surface area (Å²) in [6, 6.07) is 3.82. The van der Waals surface area contributed by atoms with E-state index < -0.39 is 24.0 Å². The Labute approximate surface area is 127 Å². The summed E-state index contributed by atoms with van der Waals surface area (Å²) in [7, 11) is 4.26. The van der Waals surface area contributed by atoms with Crippen LogP contribution in [-0.4, -0.2) is 45.3 Å². The van der Waals surface area contributed by atoms with Crippen molar-refractivity contribution in [1.82, 2.24) is 10.6 Å². The molecule has 120 valence electrons. The van der Waals surface area contributed by atoms with Crippen molar-refractivity contribution in [1.29, 1.82) is 0 Å². The van der Waals surface area contributed by atoms with Gasteiger partial charge in [-0.3, -0.25) is 10.1 Å². The molecular weight excluding hydrogens is 292 g/mol. The van der Waals surface area contributed by atoms with Crippen LogP contribution >= 0.6 is 0 Å². The van der Waals surface area contributed by atoms with Crippen LogP contribution in [0.3, 0.4) is 0 Å². The van der Waals surface area contributed by atoms with Crippen LogP contribution in [0.1, 0.15) is 17.3 Å². The molecule has 8 heteroatoms. The highest BCUT2D eigenvalue weighted by Crippen LogP contribution is 2.23. The van der Waals surface area contributed by atoms with E-state index in [1.54, 1.807) is 6.07 Å². The Bertz CT molecular complexity index is 550. The van der Waals surface area contributed by atoms with Crippen LogP contribution in [0.4, 0.5) is 4.79 Å². The van der Waals surface area contributed by atoms with Crippen molar-refractivity contribution >= 4 is 17.9 Å². The topological polar surface area (TPSA) is 103 Å². The highest BCUT2D eigenvalue weighted by atomic mass is 16.5. The molecule has 2 N–H and O–H groups in total. The second-order valence-corrected chi connectivity index (χ2v) is 4.22. The van der Waals surface area contributed by atoms with Crippen molar-refractivity contribution < 1.29 is 28.6 Å². The normalized spacial score (nSPS) is 11.1. The van der Waals surface area contributed by atoms with Crippen LogP contribution in [0.2, 0.25) is 0 Å². The standard InChI is InChI=1S/C14H18N2O6/c1-8(12(17)16-14(19)15-2)22-13(18)9-5-10(20-3)7-11(6-9)21-4/h5-8H,1-4H3,(H2,15,16,17,19)/t8-/m1/s1. The van der Waals surface area contributed by atoms with Crippen molar-refractivity contribution in [3.05, 3.63) is 23.8 Å². The van der Waals surface area contributed by atoms with E-state index >= 15 is 0 Å². The zero-order valence-electron chi connectivity index (χ0n) is 12.8. The van der Waals surface area contributed by atoms with Gasteiger partial charge < -0.3 is 19.5 Å². The maximum atomic E-state index is 12.0. The minimum atomic E-state index is -1.14. The van der Waals surface area contributed by atoms with E-state index in [2.05, 4.69) is 5.32 Å². The van der Waals surface area contributed by atoms with Gasteiger partial charge in [0.2, 0.25) is 0 Å². The third-order valence-electron chi connectivity index (χ3n) is 2.70. The molecule has 22 heavy (non-hydrogen) atoms. The number of methoxy groups -OCH3 is 2. The van der Waals surface area contributed by atoms with Gasteiger partial charge >= 0.3 is 12.0 Å². The first kappa shape index (κ1) is 17.3. The fourth-order valence-corrected chi connectivity index (χ4v) is 1.48. The van der Waals surface area contributed by atoms with Crippen molar-refractivity contribution in [3.63, 3.8) is 0 Å². The van der Waals surface area contributed by atoms with E-state index in [-0.39, 0.29) is 5.56 Å². The summed E-state index contributed by atoms with van der Waals surface area (Å²) >= 11 is 0. The van der Waals surface area contributed by atoms with Crippen molar-refractivity contribution in [2.45, 2.75) is 13.0 Å². The zero-order valence-corrected chi connectivity index (χ0v) is 12.8. The lowest BCUT2D eigenvalue weighted by Crippen LogP contribution is -2.43. The Morgan fingerprint density at radius 3 is 2.05 bits per heavy atom. The second-order valence-electron chi connectivity index (χ2n) is 4.22. The van der Waals surface area contributed by atoms with Crippen molar-refractivity contribution in [2.24, 2.45) is 0 Å². The van der Waals surface area contributed by atoms with Crippen molar-refractivity contribution in [2.75, 3.05) is 21.3 Å². The van der Waals surface area contributed by atoms with E-state index in [4.69, 9.17) is 14.2 Å². The first-order valence-electron chi connectivity index (χ1n) is 6.38. The van der Waals surface area contributed by atoms with Crippen molar-refractivity contribution in [3.8, 4) is 11.5 Å². The maximum Gasteiger partial charge on any atom is 0.339 e. The Morgan fingerprint density at radius 1 is 1.05 bits per heavy atom. The first-order chi connectivity index (χ1) is 10.4. The fourth-order valence-electron chi connectivity index (χ4n) is 1.48. The largest absolute Gasteiger partial charge is 0.497 e. The molecule has 0 unspecified atom stereocenters. The van der Waals surface area contributed by atoms with Gasteiger partial charge in [0.25, 0.3) is 5.91 Å². The number of esters is 1. The van der Waals surface area contributed by atoms with E-state index in [0.29, 0.717) is 11.5 Å². The summed E-state index contributed by atoms with van der Waals surface area (Å²) in [4.78, 5) is 34.7. The highest BCUT2D eigenvalue weighted by Gasteiger charge is 2.21. The van der Waals surface area contributed by atoms with Crippen LogP contribution in [0.15, 0.2) is 18.2 Å². The SMILES string of the molecule is CNC(=O)NC(=O)[C@@H](C)OC(=O)c1cc(OC)cc(OC)c1. The molecule has 8 nitrogen and oxygen atoms in total. The highest BCUT2D eigenvalue weighted by molar-refractivity contribution is 5.98. The van der Waals surface area contributed by atoms with Gasteiger partial charge in [0, 0.05) is 13.1 Å². The lowest BCUT2D eigenvalue weighted by atomic mass is 10.2. The number of amides is 3. The third kappa shape index (κ3) is 4.65. The predicted molar refractivity (Wildman–Crippen MR) is 77.0 cm³/mol. The van der Waals surface area contributed by atoms with Gasteiger partial charge in [-0.1, -0.05) is 0 Å². The number of hydrogen-bond donors (Lipinski definition) is 2. The van der Waals surface area contributed by atoms with Gasteiger partial charge in [-0.25, -0.2) is 9.59 Å². The molecule has 3 amide bonds. The molecule has 1 aromatic carbocycles. The van der Waals surface area contributed by atoms with Gasteiger partial charge in [0.1, 0.15) is 11.5 Å². The monoisotopic (exact) mass is 310 g/mol. The number of benzene rings is 1. The minimum Gasteiger partial charge on any atom is -0.497 e. The molecule has 0 bridgehead atoms. The van der Waals surface area contributed by atoms with E-state index in [1.165, 1.54) is 40.3 Å². The number of carbonyl (C=O) groups excluding carboxylic acids is 3. The number of rotatable bonds is 5. The molecule has 1 aromatic rings. The van der Waals surface area contributed by atoms with E-state index in [9.17, 15) is 14.4 Å². The van der Waals surface area contributed by atoms with E-state index in [1.807, 2.05) is 5.32 Å². The van der Waals surface area contributed by atoms with Gasteiger partial charge in [-0.05, 0) is 19.1 Å². The molecule has 0 fully saturated rings. The van der Waals surface area contributed by atoms with Gasteiger partial charge in [0.15, 0.2) is 6.10 Å². The van der Waals surface area contributed by atoms with Crippen LogP contribution < -0.4 is 20.1 Å². The van der Waals surface area contributed by atoms with Crippen LogP contribution in [-0.2, 0) is 9.53 Å². The molecule has 0 aliphatic heterocycles. The Hall–Kier alpha value is -2.77. The smallest absolute Gasteiger partial charge is 0.339 e. The number of imide groups is 1. The molecule has 0 heterocycles. The number of nitrogens with one attached hydrogen (secondary N) is 2. The molecule has 1 atom stereocenters. The van der Waals surface area contributed by atoms with Gasteiger partial charge in [-0.2, -0.15) is 0 Å². The Balaban J connectivity index is 2.80. The van der Waals surface area contributed by atoms with E-state index in [0.717, 1.165) is 0 Å². The quantitative estimate of drug-likeness (QED) is 0.776. The zero-order chi connectivity index (χ0) is 16.7. The average molecular weight is 310 g/mol. The van der Waals surface area contributed by atoms with Crippen LogP contribution in [0.25, 0.3) is 0 Å². The Kier molecular flexibility index (Phi) is 6.18. The van der Waals surface area contributed by atoms with Gasteiger partial charge in [0.05, 0.1) is 19.8 Å². The molecular formula is C14H18N2O6.